The van der Waals surface area contributed by atoms with Crippen LogP contribution in [0.25, 0.3) is 11.0 Å². The van der Waals surface area contributed by atoms with Crippen molar-refractivity contribution in [2.24, 2.45) is 0 Å². The lowest BCUT2D eigenvalue weighted by Crippen LogP contribution is -2.30. The van der Waals surface area contributed by atoms with Gasteiger partial charge in [0.25, 0.3) is 5.91 Å². The van der Waals surface area contributed by atoms with Crippen LogP contribution in [0.2, 0.25) is 0 Å². The van der Waals surface area contributed by atoms with E-state index in [9.17, 15) is 4.79 Å². The summed E-state index contributed by atoms with van der Waals surface area (Å²) in [6.45, 7) is 11.7. The maximum Gasteiger partial charge on any atom is 0.251 e. The van der Waals surface area contributed by atoms with Crippen molar-refractivity contribution in [1.82, 2.24) is 25.1 Å². The lowest BCUT2D eigenvalue weighted by atomic mass is 9.87. The lowest BCUT2D eigenvalue weighted by molar-refractivity contribution is 0.0952. The molecule has 0 atom stereocenters. The van der Waals surface area contributed by atoms with Crippen LogP contribution in [0.5, 0.6) is 0 Å². The van der Waals surface area contributed by atoms with Crippen LogP contribution in [0.4, 0.5) is 5.82 Å². The van der Waals surface area contributed by atoms with Crippen LogP contribution in [0.3, 0.4) is 0 Å². The van der Waals surface area contributed by atoms with Crippen molar-refractivity contribution < 1.29 is 4.79 Å². The largest absolute Gasteiger partial charge is 0.356 e. The summed E-state index contributed by atoms with van der Waals surface area (Å²) in [6, 6.07) is 7.85. The number of anilines is 1. The predicted octanol–water partition coefficient (Wildman–Crippen LogP) is 4.66. The number of hydrogen-bond acceptors (Lipinski definition) is 6. The van der Waals surface area contributed by atoms with Crippen LogP contribution < -0.4 is 10.2 Å². The van der Waals surface area contributed by atoms with Gasteiger partial charge < -0.3 is 10.2 Å². The number of amides is 1. The number of fused-ring (bicyclic) bond motifs is 1. The molecule has 1 aromatic carbocycles. The van der Waals surface area contributed by atoms with Gasteiger partial charge in [-0.05, 0) is 48.1 Å². The summed E-state index contributed by atoms with van der Waals surface area (Å²) < 4.78 is 1.88. The first kappa shape index (κ1) is 23.5. The average molecular weight is 467 g/mol. The fourth-order valence-electron chi connectivity index (χ4n) is 4.12. The Morgan fingerprint density at radius 1 is 1.09 bits per heavy atom. The van der Waals surface area contributed by atoms with E-state index in [-0.39, 0.29) is 11.3 Å². The van der Waals surface area contributed by atoms with Gasteiger partial charge in [0.05, 0.1) is 18.1 Å². The van der Waals surface area contributed by atoms with Gasteiger partial charge in [-0.2, -0.15) is 5.10 Å². The van der Waals surface area contributed by atoms with E-state index in [4.69, 9.17) is 9.97 Å². The van der Waals surface area contributed by atoms with E-state index in [1.54, 1.807) is 11.8 Å². The number of thioether (sulfide) groups is 1. The van der Waals surface area contributed by atoms with Gasteiger partial charge in [0.2, 0.25) is 0 Å². The third-order valence-electron chi connectivity index (χ3n) is 6.01. The molecule has 3 heterocycles. The SMILES string of the molecule is CCSc1nc(N2CCCCC2)c2cnn(CCNC(=O)c3ccc(C(C)(C)C)cc3)c2n1. The molecular formula is C25H34N6OS. The molecule has 1 saturated heterocycles. The molecule has 1 aliphatic heterocycles. The topological polar surface area (TPSA) is 75.9 Å². The normalized spacial score (nSPS) is 14.6. The third kappa shape index (κ3) is 5.49. The van der Waals surface area contributed by atoms with E-state index in [1.807, 2.05) is 35.1 Å². The minimum atomic E-state index is -0.0715. The Balaban J connectivity index is 1.47. The molecule has 33 heavy (non-hydrogen) atoms. The third-order valence-corrected chi connectivity index (χ3v) is 6.74. The fraction of sp³-hybridized carbons (Fsp3) is 0.520. The standard InChI is InChI=1S/C25H34N6OS/c1-5-33-24-28-21(30-14-7-6-8-15-30)20-17-27-31(22(20)29-24)16-13-26-23(32)18-9-11-19(12-10-18)25(2,3)4/h9-12,17H,5-8,13-16H2,1-4H3,(H,26,32). The Labute approximate surface area is 200 Å². The molecule has 0 saturated carbocycles. The minimum absolute atomic E-state index is 0.0694. The number of hydrogen-bond donors (Lipinski definition) is 1. The Morgan fingerprint density at radius 3 is 2.48 bits per heavy atom. The van der Waals surface area contributed by atoms with Crippen LogP contribution in [0, 0.1) is 0 Å². The molecule has 4 rings (SSSR count). The van der Waals surface area contributed by atoms with Gasteiger partial charge in [0, 0.05) is 25.2 Å². The lowest BCUT2D eigenvalue weighted by Gasteiger charge is -2.28. The second kappa shape index (κ2) is 10.1. The molecule has 1 aliphatic rings. The highest BCUT2D eigenvalue weighted by atomic mass is 32.2. The average Bonchev–Trinajstić information content (AvgIpc) is 3.21. The fourth-order valence-corrected chi connectivity index (χ4v) is 4.68. The van der Waals surface area contributed by atoms with E-state index in [0.29, 0.717) is 18.7 Å². The number of carbonyl (C=O) groups is 1. The van der Waals surface area contributed by atoms with Crippen molar-refractivity contribution in [3.05, 3.63) is 41.6 Å². The number of rotatable bonds is 7. The number of piperidine rings is 1. The minimum Gasteiger partial charge on any atom is -0.356 e. The molecule has 1 amide bonds. The number of carbonyl (C=O) groups excluding carboxylic acids is 1. The van der Waals surface area contributed by atoms with E-state index in [1.165, 1.54) is 24.8 Å². The summed E-state index contributed by atoms with van der Waals surface area (Å²) in [5.74, 6) is 1.84. The Bertz CT molecular complexity index is 1100. The van der Waals surface area contributed by atoms with E-state index in [0.717, 1.165) is 40.9 Å². The smallest absolute Gasteiger partial charge is 0.251 e. The zero-order valence-corrected chi connectivity index (χ0v) is 20.9. The Hall–Kier alpha value is -2.61. The second-order valence-corrected chi connectivity index (χ2v) is 10.7. The number of nitrogens with zero attached hydrogens (tertiary/aromatic N) is 5. The first-order valence-corrected chi connectivity index (χ1v) is 12.9. The molecular weight excluding hydrogens is 432 g/mol. The molecule has 0 spiro atoms. The maximum absolute atomic E-state index is 12.6. The first-order valence-electron chi connectivity index (χ1n) is 11.9. The monoisotopic (exact) mass is 466 g/mol. The van der Waals surface area contributed by atoms with Crippen molar-refractivity contribution in [3.63, 3.8) is 0 Å². The molecule has 8 heteroatoms. The second-order valence-electron chi connectivity index (χ2n) is 9.50. The van der Waals surface area contributed by atoms with Gasteiger partial charge in [-0.25, -0.2) is 14.6 Å². The Morgan fingerprint density at radius 2 is 1.82 bits per heavy atom. The summed E-state index contributed by atoms with van der Waals surface area (Å²) in [6.07, 6.45) is 5.53. The highest BCUT2D eigenvalue weighted by Gasteiger charge is 2.20. The molecule has 1 fully saturated rings. The molecule has 176 valence electrons. The molecule has 3 aromatic rings. The molecule has 7 nitrogen and oxygen atoms in total. The van der Waals surface area contributed by atoms with Crippen LogP contribution >= 0.6 is 11.8 Å². The first-order chi connectivity index (χ1) is 15.9. The van der Waals surface area contributed by atoms with Crippen LogP contribution in [-0.2, 0) is 12.0 Å². The predicted molar refractivity (Wildman–Crippen MR) is 135 cm³/mol. The van der Waals surface area contributed by atoms with Gasteiger partial charge in [0.1, 0.15) is 5.82 Å². The molecule has 0 radical (unpaired) electrons. The van der Waals surface area contributed by atoms with E-state index >= 15 is 0 Å². The molecule has 0 aliphatic carbocycles. The molecule has 0 unspecified atom stereocenters. The van der Waals surface area contributed by atoms with Crippen molar-refractivity contribution >= 4 is 34.5 Å². The summed E-state index contributed by atoms with van der Waals surface area (Å²) in [5, 5.41) is 9.38. The number of benzene rings is 1. The quantitative estimate of drug-likeness (QED) is 0.403. The summed E-state index contributed by atoms with van der Waals surface area (Å²) >= 11 is 1.65. The maximum atomic E-state index is 12.6. The zero-order chi connectivity index (χ0) is 23.4. The highest BCUT2D eigenvalue weighted by molar-refractivity contribution is 7.99. The van der Waals surface area contributed by atoms with Crippen molar-refractivity contribution in [2.45, 2.75) is 64.1 Å². The molecule has 2 aromatic heterocycles. The molecule has 0 bridgehead atoms. The summed E-state index contributed by atoms with van der Waals surface area (Å²) in [4.78, 5) is 24.6. The molecule has 1 N–H and O–H groups in total. The van der Waals surface area contributed by atoms with Gasteiger partial charge in [-0.1, -0.05) is 51.6 Å². The van der Waals surface area contributed by atoms with Crippen molar-refractivity contribution in [3.8, 4) is 0 Å². The summed E-state index contributed by atoms with van der Waals surface area (Å²) in [7, 11) is 0. The van der Waals surface area contributed by atoms with Crippen molar-refractivity contribution in [1.29, 1.82) is 0 Å². The number of nitrogens with one attached hydrogen (secondary N) is 1. The van der Waals surface area contributed by atoms with E-state index < -0.39 is 0 Å². The van der Waals surface area contributed by atoms with E-state index in [2.05, 4.69) is 43.0 Å². The van der Waals surface area contributed by atoms with Gasteiger partial charge in [-0.3, -0.25) is 4.79 Å². The van der Waals surface area contributed by atoms with Gasteiger partial charge in [-0.15, -0.1) is 0 Å². The highest BCUT2D eigenvalue weighted by Crippen LogP contribution is 2.29. The van der Waals surface area contributed by atoms with Gasteiger partial charge >= 0.3 is 0 Å². The van der Waals surface area contributed by atoms with Crippen molar-refractivity contribution in [2.75, 3.05) is 30.3 Å². The van der Waals surface area contributed by atoms with Gasteiger partial charge in [0.15, 0.2) is 10.8 Å². The zero-order valence-electron chi connectivity index (χ0n) is 20.1. The Kier molecular flexibility index (Phi) is 7.22. The summed E-state index contributed by atoms with van der Waals surface area (Å²) in [5.41, 5.74) is 2.79. The van der Waals surface area contributed by atoms with Crippen LogP contribution in [0.15, 0.2) is 35.6 Å². The van der Waals surface area contributed by atoms with Crippen LogP contribution in [0.1, 0.15) is 62.9 Å². The number of aromatic nitrogens is 4. The van der Waals surface area contributed by atoms with Crippen LogP contribution in [-0.4, -0.2) is 51.0 Å².